The summed E-state index contributed by atoms with van der Waals surface area (Å²) in [6.07, 6.45) is -0.810. The molecule has 5 atom stereocenters. The van der Waals surface area contributed by atoms with Gasteiger partial charge in [-0.3, -0.25) is 14.4 Å². The number of nitrogens with one attached hydrogen (secondary N) is 3. The Bertz CT molecular complexity index is 512. The highest BCUT2D eigenvalue weighted by molar-refractivity contribution is 5.94. The summed E-state index contributed by atoms with van der Waals surface area (Å²) in [5, 5.41) is 34.4. The molecule has 26 heavy (non-hydrogen) atoms. The number of aliphatic carboxylic acids is 1. The van der Waals surface area contributed by atoms with Gasteiger partial charge in [-0.05, 0) is 12.8 Å². The molecule has 0 bridgehead atoms. The van der Waals surface area contributed by atoms with Crippen LogP contribution in [0.25, 0.3) is 0 Å². The van der Waals surface area contributed by atoms with Crippen molar-refractivity contribution < 1.29 is 34.5 Å². The molecule has 0 saturated carbocycles. The predicted octanol–water partition coefficient (Wildman–Crippen LogP) is -3.10. The van der Waals surface area contributed by atoms with Crippen LogP contribution in [-0.2, 0) is 19.2 Å². The normalized spacial score (nSPS) is 16.5. The summed E-state index contributed by atoms with van der Waals surface area (Å²) in [5.74, 6) is -4.02. The van der Waals surface area contributed by atoms with Crippen molar-refractivity contribution >= 4 is 23.7 Å². The van der Waals surface area contributed by atoms with Gasteiger partial charge in [-0.15, -0.1) is 0 Å². The lowest BCUT2D eigenvalue weighted by molar-refractivity contribution is -0.144. The first-order valence-electron chi connectivity index (χ1n) is 8.20. The number of aliphatic hydroxyl groups excluding tert-OH is 2. The summed E-state index contributed by atoms with van der Waals surface area (Å²) in [5.41, 5.74) is 5.23. The molecule has 0 spiro atoms. The van der Waals surface area contributed by atoms with Crippen LogP contribution in [-0.4, -0.2) is 76.4 Å². The highest BCUT2D eigenvalue weighted by atomic mass is 16.4. The molecule has 0 saturated heterocycles. The summed E-state index contributed by atoms with van der Waals surface area (Å²) < 4.78 is 0. The second-order valence-corrected chi connectivity index (χ2v) is 5.94. The Kier molecular flexibility index (Phi) is 10.4. The van der Waals surface area contributed by atoms with E-state index >= 15 is 0 Å². The van der Waals surface area contributed by atoms with Gasteiger partial charge in [0.25, 0.3) is 0 Å². The van der Waals surface area contributed by atoms with E-state index in [1.165, 1.54) is 6.92 Å². The van der Waals surface area contributed by atoms with Gasteiger partial charge in [0.2, 0.25) is 17.7 Å². The van der Waals surface area contributed by atoms with Crippen LogP contribution in [0.5, 0.6) is 0 Å². The Morgan fingerprint density at radius 1 is 1.00 bits per heavy atom. The molecule has 0 rings (SSSR count). The number of hydrogen-bond donors (Lipinski definition) is 7. The molecule has 0 aromatic heterocycles. The fraction of sp³-hybridized carbons (Fsp3) is 0.733. The van der Waals surface area contributed by atoms with Crippen molar-refractivity contribution in [1.82, 2.24) is 16.0 Å². The van der Waals surface area contributed by atoms with Crippen LogP contribution in [0.15, 0.2) is 0 Å². The van der Waals surface area contributed by atoms with Gasteiger partial charge < -0.3 is 37.0 Å². The molecule has 0 aliphatic heterocycles. The lowest BCUT2D eigenvalue weighted by atomic mass is 9.97. The van der Waals surface area contributed by atoms with Gasteiger partial charge in [-0.1, -0.05) is 20.3 Å². The van der Waals surface area contributed by atoms with Gasteiger partial charge in [-0.25, -0.2) is 4.79 Å². The zero-order valence-corrected chi connectivity index (χ0v) is 15.1. The third-order valence-corrected chi connectivity index (χ3v) is 3.86. The minimum atomic E-state index is -1.58. The Morgan fingerprint density at radius 2 is 1.54 bits per heavy atom. The molecule has 0 aromatic rings. The predicted molar refractivity (Wildman–Crippen MR) is 90.7 cm³/mol. The van der Waals surface area contributed by atoms with E-state index < -0.39 is 54.5 Å². The highest BCUT2D eigenvalue weighted by Crippen LogP contribution is 2.09. The maximum absolute atomic E-state index is 12.5. The van der Waals surface area contributed by atoms with E-state index in [-0.39, 0.29) is 12.5 Å². The number of carboxylic acid groups (broad SMARTS) is 1. The molecule has 0 heterocycles. The summed E-state index contributed by atoms with van der Waals surface area (Å²) >= 11 is 0. The zero-order valence-electron chi connectivity index (χ0n) is 15.1. The summed E-state index contributed by atoms with van der Waals surface area (Å²) in [4.78, 5) is 47.1. The summed E-state index contributed by atoms with van der Waals surface area (Å²) in [6.45, 7) is 3.57. The molecule has 11 nitrogen and oxygen atoms in total. The average molecular weight is 376 g/mol. The van der Waals surface area contributed by atoms with Crippen LogP contribution >= 0.6 is 0 Å². The SMILES string of the molecule is CCC(C)C(NC(=O)CN)C(=O)NC(C(=O)NC(CO)C(=O)O)C(C)O. The third kappa shape index (κ3) is 7.33. The molecule has 150 valence electrons. The van der Waals surface area contributed by atoms with Gasteiger partial charge in [0.15, 0.2) is 0 Å². The average Bonchev–Trinajstić information content (AvgIpc) is 2.59. The first kappa shape index (κ1) is 23.8. The Balaban J connectivity index is 5.25. The van der Waals surface area contributed by atoms with E-state index in [1.54, 1.807) is 13.8 Å². The van der Waals surface area contributed by atoms with Crippen LogP contribution in [0.4, 0.5) is 0 Å². The number of carbonyl (C=O) groups excluding carboxylic acids is 3. The molecule has 0 aromatic carbocycles. The maximum Gasteiger partial charge on any atom is 0.328 e. The number of rotatable bonds is 11. The molecule has 8 N–H and O–H groups in total. The minimum Gasteiger partial charge on any atom is -0.480 e. The van der Waals surface area contributed by atoms with E-state index in [4.69, 9.17) is 15.9 Å². The first-order valence-corrected chi connectivity index (χ1v) is 8.20. The summed E-state index contributed by atoms with van der Waals surface area (Å²) in [6, 6.07) is -4.04. The Labute approximate surface area is 151 Å². The van der Waals surface area contributed by atoms with E-state index in [0.717, 1.165) is 0 Å². The van der Waals surface area contributed by atoms with Crippen molar-refractivity contribution in [2.45, 2.75) is 51.4 Å². The Morgan fingerprint density at radius 3 is 1.92 bits per heavy atom. The Hall–Kier alpha value is -2.24. The molecular formula is C15H28N4O7. The lowest BCUT2D eigenvalue weighted by Gasteiger charge is -2.28. The quantitative estimate of drug-likeness (QED) is 0.197. The number of nitrogens with two attached hydrogens (primary N) is 1. The summed E-state index contributed by atoms with van der Waals surface area (Å²) in [7, 11) is 0. The second kappa shape index (κ2) is 11.4. The molecule has 3 amide bonds. The van der Waals surface area contributed by atoms with Crippen LogP contribution < -0.4 is 21.7 Å². The van der Waals surface area contributed by atoms with Crippen LogP contribution in [0.3, 0.4) is 0 Å². The topological polar surface area (TPSA) is 191 Å². The van der Waals surface area contributed by atoms with E-state index in [0.29, 0.717) is 6.42 Å². The number of amides is 3. The smallest absolute Gasteiger partial charge is 0.328 e. The minimum absolute atomic E-state index is 0.285. The second-order valence-electron chi connectivity index (χ2n) is 5.94. The van der Waals surface area contributed by atoms with Crippen LogP contribution in [0, 0.1) is 5.92 Å². The number of aliphatic hydroxyl groups is 2. The van der Waals surface area contributed by atoms with Crippen molar-refractivity contribution in [1.29, 1.82) is 0 Å². The molecular weight excluding hydrogens is 348 g/mol. The lowest BCUT2D eigenvalue weighted by Crippen LogP contribution is -2.60. The first-order chi connectivity index (χ1) is 12.1. The van der Waals surface area contributed by atoms with Crippen molar-refractivity contribution in [3.8, 4) is 0 Å². The van der Waals surface area contributed by atoms with Crippen LogP contribution in [0.1, 0.15) is 27.2 Å². The fourth-order valence-corrected chi connectivity index (χ4v) is 2.03. The van der Waals surface area contributed by atoms with Crippen molar-refractivity contribution in [2.24, 2.45) is 11.7 Å². The largest absolute Gasteiger partial charge is 0.480 e. The van der Waals surface area contributed by atoms with Gasteiger partial charge in [0.05, 0.1) is 19.3 Å². The fourth-order valence-electron chi connectivity index (χ4n) is 2.03. The van der Waals surface area contributed by atoms with Crippen LogP contribution in [0.2, 0.25) is 0 Å². The molecule has 0 aliphatic rings. The number of carbonyl (C=O) groups is 4. The van der Waals surface area contributed by atoms with Gasteiger partial charge >= 0.3 is 5.97 Å². The molecule has 0 aliphatic carbocycles. The number of hydrogen-bond acceptors (Lipinski definition) is 7. The molecule has 0 radical (unpaired) electrons. The van der Waals surface area contributed by atoms with Gasteiger partial charge in [-0.2, -0.15) is 0 Å². The third-order valence-electron chi connectivity index (χ3n) is 3.86. The van der Waals surface area contributed by atoms with E-state index in [9.17, 15) is 24.3 Å². The highest BCUT2D eigenvalue weighted by Gasteiger charge is 2.33. The molecule has 5 unspecified atom stereocenters. The van der Waals surface area contributed by atoms with E-state index in [2.05, 4.69) is 10.6 Å². The van der Waals surface area contributed by atoms with E-state index in [1.807, 2.05) is 5.32 Å². The zero-order chi connectivity index (χ0) is 20.4. The molecule has 11 heteroatoms. The standard InChI is InChI=1S/C15H28N4O7/c1-4-7(2)11(18-10(22)5-16)13(23)19-12(8(3)21)14(24)17-9(6-20)15(25)26/h7-9,11-12,20-21H,4-6,16H2,1-3H3,(H,17,24)(H,18,22)(H,19,23)(H,25,26). The monoisotopic (exact) mass is 376 g/mol. The molecule has 0 fully saturated rings. The maximum atomic E-state index is 12.5. The van der Waals surface area contributed by atoms with Crippen molar-refractivity contribution in [2.75, 3.05) is 13.2 Å². The van der Waals surface area contributed by atoms with Gasteiger partial charge in [0.1, 0.15) is 18.1 Å². The van der Waals surface area contributed by atoms with Gasteiger partial charge in [0, 0.05) is 0 Å². The van der Waals surface area contributed by atoms with Crippen molar-refractivity contribution in [3.05, 3.63) is 0 Å². The number of carboxylic acids is 1. The van der Waals surface area contributed by atoms with Crippen molar-refractivity contribution in [3.63, 3.8) is 0 Å².